The third-order valence-electron chi connectivity index (χ3n) is 5.37. The topological polar surface area (TPSA) is 36.4 Å². The first kappa shape index (κ1) is 19.8. The van der Waals surface area contributed by atoms with Crippen LogP contribution in [0.1, 0.15) is 18.1 Å². The van der Waals surface area contributed by atoms with E-state index in [4.69, 9.17) is 0 Å². The van der Waals surface area contributed by atoms with Gasteiger partial charge in [0.2, 0.25) is 5.91 Å². The summed E-state index contributed by atoms with van der Waals surface area (Å²) in [5.41, 5.74) is 4.70. The smallest absolute Gasteiger partial charge is 0.219 e. The van der Waals surface area contributed by atoms with Crippen molar-refractivity contribution in [3.05, 3.63) is 83.9 Å². The fraction of sp³-hybridized carbons (Fsp3) is 0.200. The van der Waals surface area contributed by atoms with Crippen LogP contribution in [0.3, 0.4) is 0 Å². The van der Waals surface area contributed by atoms with Crippen molar-refractivity contribution in [1.29, 1.82) is 0 Å². The lowest BCUT2D eigenvalue weighted by molar-refractivity contribution is -0.129. The molecule has 0 spiro atoms. The number of nitrogens with zero attached hydrogens (tertiary/aromatic N) is 3. The van der Waals surface area contributed by atoms with Crippen LogP contribution in [0.2, 0.25) is 0 Å². The van der Waals surface area contributed by atoms with Gasteiger partial charge in [-0.25, -0.2) is 4.39 Å². The Balaban J connectivity index is 1.45. The Bertz CT molecular complexity index is 1040. The zero-order valence-electron chi connectivity index (χ0n) is 17.0. The first-order valence-corrected chi connectivity index (χ1v) is 10.1. The number of aromatic nitrogens is 1. The number of carbonyl (C=O) groups is 1. The summed E-state index contributed by atoms with van der Waals surface area (Å²) in [5.74, 6) is -0.129. The van der Waals surface area contributed by atoms with Gasteiger partial charge in [-0.3, -0.25) is 9.78 Å². The van der Waals surface area contributed by atoms with Crippen molar-refractivity contribution in [2.24, 2.45) is 0 Å². The van der Waals surface area contributed by atoms with Crippen molar-refractivity contribution in [3.63, 3.8) is 0 Å². The Hall–Kier alpha value is -3.47. The summed E-state index contributed by atoms with van der Waals surface area (Å²) in [6, 6.07) is 17.1. The Morgan fingerprint density at radius 2 is 1.67 bits per heavy atom. The van der Waals surface area contributed by atoms with Gasteiger partial charge in [-0.15, -0.1) is 0 Å². The minimum atomic E-state index is -0.268. The average Bonchev–Trinajstić information content (AvgIpc) is 2.78. The van der Waals surface area contributed by atoms with Gasteiger partial charge in [0.15, 0.2) is 0 Å². The van der Waals surface area contributed by atoms with Crippen LogP contribution in [-0.4, -0.2) is 42.0 Å². The molecule has 3 aromatic rings. The van der Waals surface area contributed by atoms with Gasteiger partial charge in [0, 0.05) is 56.7 Å². The molecule has 0 bridgehead atoms. The summed E-state index contributed by atoms with van der Waals surface area (Å²) < 4.78 is 14.1. The fourth-order valence-corrected chi connectivity index (χ4v) is 3.68. The number of hydrogen-bond donors (Lipinski definition) is 0. The molecule has 5 heteroatoms. The zero-order chi connectivity index (χ0) is 20.9. The van der Waals surface area contributed by atoms with E-state index in [9.17, 15) is 9.18 Å². The van der Waals surface area contributed by atoms with Crippen molar-refractivity contribution in [2.45, 2.75) is 6.92 Å². The first-order chi connectivity index (χ1) is 14.6. The molecular weight excluding hydrogens is 377 g/mol. The van der Waals surface area contributed by atoms with E-state index < -0.39 is 0 Å². The minimum absolute atomic E-state index is 0.138. The van der Waals surface area contributed by atoms with E-state index in [1.165, 1.54) is 12.1 Å². The Morgan fingerprint density at radius 3 is 2.33 bits per heavy atom. The van der Waals surface area contributed by atoms with Crippen LogP contribution in [0.4, 0.5) is 10.1 Å². The number of piperazine rings is 1. The third kappa shape index (κ3) is 4.74. The zero-order valence-corrected chi connectivity index (χ0v) is 17.0. The van der Waals surface area contributed by atoms with Gasteiger partial charge >= 0.3 is 0 Å². The highest BCUT2D eigenvalue weighted by molar-refractivity contribution is 5.75. The van der Waals surface area contributed by atoms with Crippen molar-refractivity contribution in [2.75, 3.05) is 31.1 Å². The minimum Gasteiger partial charge on any atom is -0.368 e. The van der Waals surface area contributed by atoms with Crippen LogP contribution in [0.15, 0.2) is 67.0 Å². The lowest BCUT2D eigenvalue weighted by Gasteiger charge is -2.35. The molecule has 0 radical (unpaired) electrons. The molecule has 1 saturated heterocycles. The van der Waals surface area contributed by atoms with Gasteiger partial charge in [-0.1, -0.05) is 30.4 Å². The lowest BCUT2D eigenvalue weighted by Crippen LogP contribution is -2.48. The summed E-state index contributed by atoms with van der Waals surface area (Å²) in [6.45, 7) is 4.82. The maximum Gasteiger partial charge on any atom is 0.219 e. The maximum atomic E-state index is 14.1. The molecule has 152 valence electrons. The number of carbonyl (C=O) groups excluding carboxylic acids is 1. The second kappa shape index (κ2) is 8.91. The molecule has 0 unspecified atom stereocenters. The molecule has 2 heterocycles. The SMILES string of the molecule is CC(=O)N1CCN(c2ccc(/C=C/c3cc(F)cc(-c4cccnc4)c3)cc2)CC1. The normalized spacial score (nSPS) is 14.3. The van der Waals surface area contributed by atoms with E-state index in [2.05, 4.69) is 34.1 Å². The Kier molecular flexibility index (Phi) is 5.89. The molecule has 1 amide bonds. The molecule has 0 aliphatic carbocycles. The molecule has 30 heavy (non-hydrogen) atoms. The maximum absolute atomic E-state index is 14.1. The number of amides is 1. The third-order valence-corrected chi connectivity index (χ3v) is 5.37. The van der Waals surface area contributed by atoms with E-state index in [0.29, 0.717) is 0 Å². The van der Waals surface area contributed by atoms with Crippen molar-refractivity contribution in [1.82, 2.24) is 9.88 Å². The molecule has 1 aliphatic heterocycles. The van der Waals surface area contributed by atoms with Crippen LogP contribution in [0.5, 0.6) is 0 Å². The van der Waals surface area contributed by atoms with Gasteiger partial charge in [0.25, 0.3) is 0 Å². The highest BCUT2D eigenvalue weighted by Gasteiger charge is 2.18. The van der Waals surface area contributed by atoms with Gasteiger partial charge in [-0.05, 0) is 53.1 Å². The number of pyridine rings is 1. The number of rotatable bonds is 4. The summed E-state index contributed by atoms with van der Waals surface area (Å²) in [4.78, 5) is 19.8. The summed E-state index contributed by atoms with van der Waals surface area (Å²) >= 11 is 0. The quantitative estimate of drug-likeness (QED) is 0.593. The van der Waals surface area contributed by atoms with Crippen LogP contribution in [0, 0.1) is 5.82 Å². The van der Waals surface area contributed by atoms with E-state index in [1.54, 1.807) is 19.3 Å². The Labute approximate surface area is 176 Å². The van der Waals surface area contributed by atoms with Gasteiger partial charge in [0.1, 0.15) is 5.82 Å². The summed E-state index contributed by atoms with van der Waals surface area (Å²) in [7, 11) is 0. The predicted molar refractivity (Wildman–Crippen MR) is 119 cm³/mol. The molecule has 1 aromatic heterocycles. The van der Waals surface area contributed by atoms with Crippen molar-refractivity contribution in [3.8, 4) is 11.1 Å². The lowest BCUT2D eigenvalue weighted by atomic mass is 10.0. The molecule has 4 nitrogen and oxygen atoms in total. The second-order valence-electron chi connectivity index (χ2n) is 7.43. The molecular formula is C25H24FN3O. The summed E-state index contributed by atoms with van der Waals surface area (Å²) in [6.07, 6.45) is 7.34. The average molecular weight is 401 g/mol. The van der Waals surface area contributed by atoms with Crippen LogP contribution < -0.4 is 4.90 Å². The molecule has 0 saturated carbocycles. The van der Waals surface area contributed by atoms with E-state index >= 15 is 0 Å². The van der Waals surface area contributed by atoms with E-state index in [-0.39, 0.29) is 11.7 Å². The molecule has 2 aromatic carbocycles. The van der Waals surface area contributed by atoms with Crippen molar-refractivity contribution >= 4 is 23.7 Å². The molecule has 1 aliphatic rings. The van der Waals surface area contributed by atoms with E-state index in [1.807, 2.05) is 35.3 Å². The van der Waals surface area contributed by atoms with Gasteiger partial charge in [-0.2, -0.15) is 0 Å². The second-order valence-corrected chi connectivity index (χ2v) is 7.43. The van der Waals surface area contributed by atoms with Crippen LogP contribution >= 0.6 is 0 Å². The highest BCUT2D eigenvalue weighted by Crippen LogP contribution is 2.23. The fourth-order valence-electron chi connectivity index (χ4n) is 3.68. The monoisotopic (exact) mass is 401 g/mol. The number of hydrogen-bond acceptors (Lipinski definition) is 3. The Morgan fingerprint density at radius 1 is 0.933 bits per heavy atom. The first-order valence-electron chi connectivity index (χ1n) is 10.1. The molecule has 4 rings (SSSR count). The van der Waals surface area contributed by atoms with Crippen LogP contribution in [-0.2, 0) is 4.79 Å². The summed E-state index contributed by atoms with van der Waals surface area (Å²) in [5, 5.41) is 0. The van der Waals surface area contributed by atoms with Gasteiger partial charge < -0.3 is 9.80 Å². The largest absolute Gasteiger partial charge is 0.368 e. The number of anilines is 1. The standard InChI is InChI=1S/C25H24FN3O/c1-19(30)28-11-13-29(14-12-28)25-8-6-20(7-9-25)4-5-21-15-23(17-24(26)16-21)22-3-2-10-27-18-22/h2-10,15-18H,11-14H2,1H3/b5-4+. The molecule has 1 fully saturated rings. The predicted octanol–water partition coefficient (Wildman–Crippen LogP) is 4.73. The molecule has 0 atom stereocenters. The molecule has 0 N–H and O–H groups in total. The van der Waals surface area contributed by atoms with E-state index in [0.717, 1.165) is 54.1 Å². The highest BCUT2D eigenvalue weighted by atomic mass is 19.1. The van der Waals surface area contributed by atoms with Crippen LogP contribution in [0.25, 0.3) is 23.3 Å². The van der Waals surface area contributed by atoms with Gasteiger partial charge in [0.05, 0.1) is 0 Å². The number of halogens is 1. The van der Waals surface area contributed by atoms with Crippen molar-refractivity contribution < 1.29 is 9.18 Å². The number of benzene rings is 2.